The minimum absolute atomic E-state index is 0.0338. The molecule has 6 nitrogen and oxygen atoms in total. The molecule has 1 amide bonds. The Kier molecular flexibility index (Phi) is 6.65. The molecule has 0 bridgehead atoms. The first-order chi connectivity index (χ1) is 14.8. The van der Waals surface area contributed by atoms with Gasteiger partial charge in [-0.3, -0.25) is 4.79 Å². The fraction of sp³-hybridized carbons (Fsp3) is 0.208. The molecule has 0 saturated carbocycles. The van der Waals surface area contributed by atoms with Crippen LogP contribution in [0.15, 0.2) is 71.6 Å². The van der Waals surface area contributed by atoms with Gasteiger partial charge >= 0.3 is 0 Å². The van der Waals surface area contributed by atoms with E-state index in [0.717, 1.165) is 21.9 Å². The molecule has 0 aliphatic heterocycles. The van der Waals surface area contributed by atoms with Crippen LogP contribution >= 0.6 is 0 Å². The van der Waals surface area contributed by atoms with Gasteiger partial charge in [0.15, 0.2) is 11.5 Å². The topological polar surface area (TPSA) is 72.9 Å². The number of hydrogen-bond donors (Lipinski definition) is 0. The van der Waals surface area contributed by atoms with E-state index in [1.54, 1.807) is 30.3 Å². The molecule has 0 aliphatic carbocycles. The maximum absolute atomic E-state index is 13.5. The van der Waals surface area contributed by atoms with Crippen LogP contribution in [-0.4, -0.2) is 28.5 Å². The first-order valence-corrected chi connectivity index (χ1v) is 11.2. The number of rotatable bonds is 7. The van der Waals surface area contributed by atoms with Gasteiger partial charge in [0, 0.05) is 5.56 Å². The number of carbonyl (C=O) groups is 1. The second kappa shape index (κ2) is 9.22. The lowest BCUT2D eigenvalue weighted by atomic mass is 10.1. The second-order valence-electron chi connectivity index (χ2n) is 6.98. The van der Waals surface area contributed by atoms with Crippen molar-refractivity contribution in [3.8, 4) is 11.5 Å². The lowest BCUT2D eigenvalue weighted by Gasteiger charge is -2.23. The molecule has 0 atom stereocenters. The number of aryl methyl sites for hydroxylation is 2. The smallest absolute Gasteiger partial charge is 0.272 e. The Morgan fingerprint density at radius 1 is 0.871 bits per heavy atom. The van der Waals surface area contributed by atoms with Crippen molar-refractivity contribution in [3.05, 3.63) is 83.4 Å². The Morgan fingerprint density at radius 2 is 1.48 bits per heavy atom. The van der Waals surface area contributed by atoms with Crippen molar-refractivity contribution < 1.29 is 22.7 Å². The van der Waals surface area contributed by atoms with Gasteiger partial charge in [0.2, 0.25) is 0 Å². The highest BCUT2D eigenvalue weighted by Crippen LogP contribution is 2.31. The summed E-state index contributed by atoms with van der Waals surface area (Å²) in [5.41, 5.74) is 2.38. The standard InChI is InChI=1S/C24H25NO5S/c1-5-18-8-11-20(12-9-18)25(31(27,28)21-13-6-17(2)7-14-21)24(26)19-10-15-22(29-3)23(16-19)30-4/h6-16H,5H2,1-4H3. The van der Waals surface area contributed by atoms with Crippen LogP contribution in [0, 0.1) is 6.92 Å². The third-order valence-electron chi connectivity index (χ3n) is 4.95. The number of amides is 1. The Bertz CT molecular complexity index is 1170. The Labute approximate surface area is 183 Å². The van der Waals surface area contributed by atoms with Gasteiger partial charge in [-0.2, -0.15) is 4.31 Å². The van der Waals surface area contributed by atoms with Crippen molar-refractivity contribution in [2.24, 2.45) is 0 Å². The molecule has 31 heavy (non-hydrogen) atoms. The van der Waals surface area contributed by atoms with Gasteiger partial charge in [-0.05, 0) is 61.4 Å². The van der Waals surface area contributed by atoms with Crippen molar-refractivity contribution in [2.75, 3.05) is 18.5 Å². The van der Waals surface area contributed by atoms with Crippen LogP contribution in [0.5, 0.6) is 11.5 Å². The molecule has 0 saturated heterocycles. The molecule has 7 heteroatoms. The summed E-state index contributed by atoms with van der Waals surface area (Å²) >= 11 is 0. The van der Waals surface area contributed by atoms with Gasteiger partial charge in [-0.15, -0.1) is 0 Å². The lowest BCUT2D eigenvalue weighted by molar-refractivity contribution is 0.100. The highest BCUT2D eigenvalue weighted by atomic mass is 32.2. The van der Waals surface area contributed by atoms with Gasteiger partial charge in [-0.1, -0.05) is 36.8 Å². The quantitative estimate of drug-likeness (QED) is 0.538. The summed E-state index contributed by atoms with van der Waals surface area (Å²) < 4.78 is 38.4. The number of carbonyl (C=O) groups excluding carboxylic acids is 1. The zero-order valence-electron chi connectivity index (χ0n) is 18.0. The second-order valence-corrected chi connectivity index (χ2v) is 8.76. The molecule has 162 valence electrons. The molecule has 3 aromatic rings. The molecule has 0 aromatic heterocycles. The van der Waals surface area contributed by atoms with Crippen LogP contribution in [0.2, 0.25) is 0 Å². The number of ether oxygens (including phenoxy) is 2. The third-order valence-corrected chi connectivity index (χ3v) is 6.68. The number of benzene rings is 3. The van der Waals surface area contributed by atoms with E-state index >= 15 is 0 Å². The first-order valence-electron chi connectivity index (χ1n) is 9.79. The Balaban J connectivity index is 2.15. The summed E-state index contributed by atoms with van der Waals surface area (Å²) in [6, 6.07) is 17.9. The van der Waals surface area contributed by atoms with E-state index in [1.807, 2.05) is 26.0 Å². The van der Waals surface area contributed by atoms with E-state index in [1.165, 1.54) is 38.5 Å². The number of anilines is 1. The average Bonchev–Trinajstić information content (AvgIpc) is 2.79. The number of sulfonamides is 1. The zero-order valence-corrected chi connectivity index (χ0v) is 18.8. The van der Waals surface area contributed by atoms with Crippen molar-refractivity contribution in [3.63, 3.8) is 0 Å². The molecular weight excluding hydrogens is 414 g/mol. The molecule has 3 aromatic carbocycles. The van der Waals surface area contributed by atoms with E-state index < -0.39 is 15.9 Å². The third kappa shape index (κ3) is 4.56. The number of hydrogen-bond acceptors (Lipinski definition) is 5. The van der Waals surface area contributed by atoms with Crippen LogP contribution in [0.4, 0.5) is 5.69 Å². The lowest BCUT2D eigenvalue weighted by Crippen LogP contribution is -2.37. The predicted octanol–water partition coefficient (Wildman–Crippen LogP) is 4.61. The van der Waals surface area contributed by atoms with Gasteiger partial charge < -0.3 is 9.47 Å². The summed E-state index contributed by atoms with van der Waals surface area (Å²) in [7, 11) is -1.22. The summed E-state index contributed by atoms with van der Waals surface area (Å²) in [4.78, 5) is 13.5. The fourth-order valence-corrected chi connectivity index (χ4v) is 4.55. The first kappa shape index (κ1) is 22.4. The number of nitrogens with zero attached hydrogens (tertiary/aromatic N) is 1. The van der Waals surface area contributed by atoms with Crippen molar-refractivity contribution >= 4 is 21.6 Å². The van der Waals surface area contributed by atoms with E-state index in [0.29, 0.717) is 11.5 Å². The molecule has 0 spiro atoms. The maximum Gasteiger partial charge on any atom is 0.272 e. The van der Waals surface area contributed by atoms with Crippen LogP contribution in [-0.2, 0) is 16.4 Å². The number of methoxy groups -OCH3 is 2. The average molecular weight is 440 g/mol. The summed E-state index contributed by atoms with van der Waals surface area (Å²) in [6.07, 6.45) is 0.800. The van der Waals surface area contributed by atoms with E-state index in [9.17, 15) is 13.2 Å². The zero-order chi connectivity index (χ0) is 22.6. The van der Waals surface area contributed by atoms with Gasteiger partial charge in [0.25, 0.3) is 15.9 Å². The van der Waals surface area contributed by atoms with Gasteiger partial charge in [-0.25, -0.2) is 8.42 Å². The van der Waals surface area contributed by atoms with E-state index in [2.05, 4.69) is 0 Å². The maximum atomic E-state index is 13.5. The van der Waals surface area contributed by atoms with Crippen LogP contribution in [0.3, 0.4) is 0 Å². The summed E-state index contributed by atoms with van der Waals surface area (Å²) in [6.45, 7) is 3.87. The summed E-state index contributed by atoms with van der Waals surface area (Å²) in [5.74, 6) is 0.0902. The monoisotopic (exact) mass is 439 g/mol. The van der Waals surface area contributed by atoms with E-state index in [-0.39, 0.29) is 16.1 Å². The Hall–Kier alpha value is -3.32. The van der Waals surface area contributed by atoms with Crippen LogP contribution in [0.25, 0.3) is 0 Å². The molecule has 0 aliphatic rings. The molecule has 0 heterocycles. The molecule has 0 radical (unpaired) electrons. The summed E-state index contributed by atoms with van der Waals surface area (Å²) in [5, 5.41) is 0. The molecule has 0 unspecified atom stereocenters. The highest BCUT2D eigenvalue weighted by Gasteiger charge is 2.32. The SMILES string of the molecule is CCc1ccc(N(C(=O)c2ccc(OC)c(OC)c2)S(=O)(=O)c2ccc(C)cc2)cc1. The largest absolute Gasteiger partial charge is 0.493 e. The molecule has 0 fully saturated rings. The van der Waals surface area contributed by atoms with Crippen LogP contribution in [0.1, 0.15) is 28.4 Å². The predicted molar refractivity (Wildman–Crippen MR) is 121 cm³/mol. The minimum atomic E-state index is -4.16. The van der Waals surface area contributed by atoms with Gasteiger partial charge in [0.1, 0.15) is 0 Å². The van der Waals surface area contributed by atoms with Crippen LogP contribution < -0.4 is 13.8 Å². The van der Waals surface area contributed by atoms with Crippen molar-refractivity contribution in [1.82, 2.24) is 0 Å². The molecule has 0 N–H and O–H groups in total. The Morgan fingerprint density at radius 3 is 2.03 bits per heavy atom. The fourth-order valence-electron chi connectivity index (χ4n) is 3.13. The molecule has 3 rings (SSSR count). The highest BCUT2D eigenvalue weighted by molar-refractivity contribution is 7.93. The van der Waals surface area contributed by atoms with Crippen molar-refractivity contribution in [2.45, 2.75) is 25.2 Å². The van der Waals surface area contributed by atoms with Gasteiger partial charge in [0.05, 0.1) is 24.8 Å². The van der Waals surface area contributed by atoms with Crippen molar-refractivity contribution in [1.29, 1.82) is 0 Å². The normalized spacial score (nSPS) is 11.1. The van der Waals surface area contributed by atoms with E-state index in [4.69, 9.17) is 9.47 Å². The minimum Gasteiger partial charge on any atom is -0.493 e. The molecular formula is C24H25NO5S.